The average Bonchev–Trinajstić information content (AvgIpc) is 2.34. The van der Waals surface area contributed by atoms with Crippen molar-refractivity contribution in [1.82, 2.24) is 10.2 Å². The molecule has 0 saturated carbocycles. The highest BCUT2D eigenvalue weighted by molar-refractivity contribution is 6.32. The van der Waals surface area contributed by atoms with E-state index in [1.165, 1.54) is 12.1 Å². The number of aryl methyl sites for hydroxylation is 1. The Labute approximate surface area is 108 Å². The van der Waals surface area contributed by atoms with Crippen LogP contribution in [0.25, 0.3) is 0 Å². The van der Waals surface area contributed by atoms with Crippen LogP contribution >= 0.6 is 11.6 Å². The van der Waals surface area contributed by atoms with Crippen molar-refractivity contribution in [3.05, 3.63) is 46.6 Å². The van der Waals surface area contributed by atoms with Gasteiger partial charge >= 0.3 is 5.97 Å². The van der Waals surface area contributed by atoms with E-state index in [0.717, 1.165) is 5.56 Å². The minimum atomic E-state index is -1.14. The molecule has 0 aliphatic heterocycles. The molecule has 0 aliphatic carbocycles. The summed E-state index contributed by atoms with van der Waals surface area (Å²) in [4.78, 5) is 10.6. The zero-order chi connectivity index (χ0) is 13.1. The number of nitrogens with zero attached hydrogens (tertiary/aromatic N) is 2. The van der Waals surface area contributed by atoms with Crippen molar-refractivity contribution in [1.29, 1.82) is 0 Å². The van der Waals surface area contributed by atoms with Gasteiger partial charge in [-0.2, -0.15) is 0 Å². The van der Waals surface area contributed by atoms with E-state index in [0.29, 0.717) is 10.8 Å². The maximum Gasteiger partial charge on any atom is 0.356 e. The van der Waals surface area contributed by atoms with E-state index in [1.54, 1.807) is 12.1 Å². The molecule has 2 aromatic rings. The van der Waals surface area contributed by atoms with E-state index in [9.17, 15) is 4.79 Å². The van der Waals surface area contributed by atoms with E-state index in [4.69, 9.17) is 21.4 Å². The van der Waals surface area contributed by atoms with Crippen molar-refractivity contribution in [2.24, 2.45) is 0 Å². The third kappa shape index (κ3) is 2.75. The lowest BCUT2D eigenvalue weighted by molar-refractivity contribution is 0.0689. The minimum Gasteiger partial charge on any atom is -0.476 e. The van der Waals surface area contributed by atoms with E-state index in [2.05, 4.69) is 10.2 Å². The Morgan fingerprint density at radius 2 is 2.06 bits per heavy atom. The molecule has 5 nitrogen and oxygen atoms in total. The standard InChI is InChI=1S/C12H9ClN2O3/c1-7-2-3-8(13)10(6-7)18-11-5-4-9(12(16)17)14-15-11/h2-6H,1H3,(H,16,17). The van der Waals surface area contributed by atoms with Gasteiger partial charge in [-0.15, -0.1) is 10.2 Å². The highest BCUT2D eigenvalue weighted by atomic mass is 35.5. The molecular formula is C12H9ClN2O3. The Morgan fingerprint density at radius 3 is 2.67 bits per heavy atom. The number of hydrogen-bond donors (Lipinski definition) is 1. The fourth-order valence-corrected chi connectivity index (χ4v) is 1.45. The van der Waals surface area contributed by atoms with Crippen molar-refractivity contribution in [2.75, 3.05) is 0 Å². The molecule has 0 atom stereocenters. The smallest absolute Gasteiger partial charge is 0.356 e. The number of carbonyl (C=O) groups is 1. The van der Waals surface area contributed by atoms with Gasteiger partial charge in [0.05, 0.1) is 5.02 Å². The number of rotatable bonds is 3. The minimum absolute atomic E-state index is 0.141. The Balaban J connectivity index is 2.23. The first kappa shape index (κ1) is 12.3. The second kappa shape index (κ2) is 5.01. The first-order chi connectivity index (χ1) is 8.56. The first-order valence-electron chi connectivity index (χ1n) is 5.07. The number of halogens is 1. The summed E-state index contributed by atoms with van der Waals surface area (Å²) in [6.45, 7) is 1.91. The number of benzene rings is 1. The normalized spacial score (nSPS) is 10.1. The van der Waals surface area contributed by atoms with E-state index in [-0.39, 0.29) is 11.6 Å². The third-order valence-corrected chi connectivity index (χ3v) is 2.47. The maximum absolute atomic E-state index is 10.6. The van der Waals surface area contributed by atoms with Crippen LogP contribution in [0.2, 0.25) is 5.02 Å². The molecule has 0 amide bonds. The molecule has 92 valence electrons. The highest BCUT2D eigenvalue weighted by Gasteiger charge is 2.08. The summed E-state index contributed by atoms with van der Waals surface area (Å²) in [5.41, 5.74) is 0.849. The number of carboxylic acid groups (broad SMARTS) is 1. The summed E-state index contributed by atoms with van der Waals surface area (Å²) < 4.78 is 5.43. The molecule has 18 heavy (non-hydrogen) atoms. The Hall–Kier alpha value is -2.14. The van der Waals surface area contributed by atoms with Gasteiger partial charge in [-0.3, -0.25) is 0 Å². The Bertz CT molecular complexity index is 584. The molecule has 0 fully saturated rings. The first-order valence-corrected chi connectivity index (χ1v) is 5.45. The Kier molecular flexibility index (Phi) is 3.43. The van der Waals surface area contributed by atoms with Crippen LogP contribution in [0.1, 0.15) is 16.1 Å². The van der Waals surface area contributed by atoms with Gasteiger partial charge in [-0.1, -0.05) is 17.7 Å². The number of aromatic carboxylic acids is 1. The van der Waals surface area contributed by atoms with Gasteiger partial charge in [0.15, 0.2) is 5.69 Å². The fourth-order valence-electron chi connectivity index (χ4n) is 1.29. The molecule has 1 N–H and O–H groups in total. The van der Waals surface area contributed by atoms with Crippen molar-refractivity contribution in [3.63, 3.8) is 0 Å². The van der Waals surface area contributed by atoms with E-state index in [1.807, 2.05) is 13.0 Å². The van der Waals surface area contributed by atoms with Gasteiger partial charge in [0.25, 0.3) is 0 Å². The molecular weight excluding hydrogens is 256 g/mol. The summed E-state index contributed by atoms with van der Waals surface area (Å²) in [6, 6.07) is 8.07. The van der Waals surface area contributed by atoms with Crippen LogP contribution in [-0.2, 0) is 0 Å². The SMILES string of the molecule is Cc1ccc(Cl)c(Oc2ccc(C(=O)O)nn2)c1. The van der Waals surface area contributed by atoms with Crippen molar-refractivity contribution in [3.8, 4) is 11.6 Å². The zero-order valence-electron chi connectivity index (χ0n) is 9.42. The van der Waals surface area contributed by atoms with Crippen LogP contribution in [0.15, 0.2) is 30.3 Å². The summed E-state index contributed by atoms with van der Waals surface area (Å²) in [7, 11) is 0. The molecule has 0 saturated heterocycles. The molecule has 1 heterocycles. The zero-order valence-corrected chi connectivity index (χ0v) is 10.2. The van der Waals surface area contributed by atoms with Gasteiger partial charge < -0.3 is 9.84 Å². The van der Waals surface area contributed by atoms with Crippen LogP contribution in [0.3, 0.4) is 0 Å². The second-order valence-corrected chi connectivity index (χ2v) is 4.01. The monoisotopic (exact) mass is 264 g/mol. The van der Waals surface area contributed by atoms with Gasteiger partial charge in [0, 0.05) is 6.07 Å². The van der Waals surface area contributed by atoms with Crippen LogP contribution in [0.4, 0.5) is 0 Å². The third-order valence-electron chi connectivity index (χ3n) is 2.16. The van der Waals surface area contributed by atoms with Gasteiger partial charge in [-0.25, -0.2) is 4.79 Å². The van der Waals surface area contributed by atoms with Crippen molar-refractivity contribution < 1.29 is 14.6 Å². The molecule has 0 unspecified atom stereocenters. The number of ether oxygens (including phenoxy) is 1. The van der Waals surface area contributed by atoms with Crippen LogP contribution in [0, 0.1) is 6.92 Å². The van der Waals surface area contributed by atoms with Crippen molar-refractivity contribution in [2.45, 2.75) is 6.92 Å². The molecule has 1 aromatic heterocycles. The maximum atomic E-state index is 10.6. The fraction of sp³-hybridized carbons (Fsp3) is 0.0833. The van der Waals surface area contributed by atoms with Gasteiger partial charge in [-0.05, 0) is 30.7 Å². The second-order valence-electron chi connectivity index (χ2n) is 3.60. The molecule has 1 aromatic carbocycles. The quantitative estimate of drug-likeness (QED) is 0.923. The lowest BCUT2D eigenvalue weighted by Gasteiger charge is -2.06. The van der Waals surface area contributed by atoms with Crippen molar-refractivity contribution >= 4 is 17.6 Å². The predicted molar refractivity (Wildman–Crippen MR) is 65.3 cm³/mol. The molecule has 0 bridgehead atoms. The Morgan fingerprint density at radius 1 is 1.28 bits per heavy atom. The van der Waals surface area contributed by atoms with Gasteiger partial charge in [0.1, 0.15) is 5.75 Å². The summed E-state index contributed by atoms with van der Waals surface area (Å²) in [6.07, 6.45) is 0. The topological polar surface area (TPSA) is 72.3 Å². The number of hydrogen-bond acceptors (Lipinski definition) is 4. The summed E-state index contributed by atoms with van der Waals surface area (Å²) in [5, 5.41) is 16.3. The van der Waals surface area contributed by atoms with Crippen LogP contribution in [0.5, 0.6) is 11.6 Å². The predicted octanol–water partition coefficient (Wildman–Crippen LogP) is 2.93. The number of carboxylic acids is 1. The summed E-state index contributed by atoms with van der Waals surface area (Å²) >= 11 is 5.96. The molecule has 2 rings (SSSR count). The van der Waals surface area contributed by atoms with Gasteiger partial charge in [0.2, 0.25) is 5.88 Å². The summed E-state index contributed by atoms with van der Waals surface area (Å²) in [5.74, 6) is -0.496. The van der Waals surface area contributed by atoms with E-state index >= 15 is 0 Å². The van der Waals surface area contributed by atoms with Crippen LogP contribution < -0.4 is 4.74 Å². The molecule has 6 heteroatoms. The molecule has 0 radical (unpaired) electrons. The number of aromatic nitrogens is 2. The highest BCUT2D eigenvalue weighted by Crippen LogP contribution is 2.28. The largest absolute Gasteiger partial charge is 0.476 e. The van der Waals surface area contributed by atoms with Crippen LogP contribution in [-0.4, -0.2) is 21.3 Å². The average molecular weight is 265 g/mol. The van der Waals surface area contributed by atoms with E-state index < -0.39 is 5.97 Å². The molecule has 0 aliphatic rings. The lowest BCUT2D eigenvalue weighted by atomic mass is 10.2. The lowest BCUT2D eigenvalue weighted by Crippen LogP contribution is -2.02. The molecule has 0 spiro atoms.